The number of ether oxygens (including phenoxy) is 1. The van der Waals surface area contributed by atoms with Crippen LogP contribution in [-0.2, 0) is 6.42 Å². The van der Waals surface area contributed by atoms with Gasteiger partial charge in [0.2, 0.25) is 0 Å². The van der Waals surface area contributed by atoms with Crippen molar-refractivity contribution in [2.24, 2.45) is 0 Å². The Morgan fingerprint density at radius 1 is 1.35 bits per heavy atom. The molecule has 128 valence electrons. The second kappa shape index (κ2) is 9.40. The maximum absolute atomic E-state index is 12.1. The van der Waals surface area contributed by atoms with Crippen LogP contribution in [0.1, 0.15) is 38.2 Å². The molecular formula is C18H28N2O3. The van der Waals surface area contributed by atoms with Gasteiger partial charge >= 0.3 is 6.03 Å². The number of rotatable bonds is 7. The number of urea groups is 1. The van der Waals surface area contributed by atoms with Crippen LogP contribution >= 0.6 is 0 Å². The summed E-state index contributed by atoms with van der Waals surface area (Å²) in [5.41, 5.74) is 1.31. The Balaban J connectivity index is 1.69. The molecule has 0 radical (unpaired) electrons. The molecule has 1 heterocycles. The topological polar surface area (TPSA) is 61.8 Å². The van der Waals surface area contributed by atoms with Crippen LogP contribution in [0, 0.1) is 0 Å². The third-order valence-corrected chi connectivity index (χ3v) is 4.21. The number of aryl methyl sites for hydroxylation is 1. The average molecular weight is 320 g/mol. The van der Waals surface area contributed by atoms with Crippen molar-refractivity contribution >= 4 is 6.03 Å². The van der Waals surface area contributed by atoms with Gasteiger partial charge in [0.05, 0.1) is 19.2 Å². The molecule has 1 fully saturated rings. The van der Waals surface area contributed by atoms with Gasteiger partial charge in [-0.3, -0.25) is 0 Å². The molecule has 0 spiro atoms. The quantitative estimate of drug-likeness (QED) is 0.759. The number of nitrogens with one attached hydrogen (secondary N) is 1. The van der Waals surface area contributed by atoms with Crippen LogP contribution in [0.5, 0.6) is 5.75 Å². The summed E-state index contributed by atoms with van der Waals surface area (Å²) < 4.78 is 5.65. The van der Waals surface area contributed by atoms with Crippen molar-refractivity contribution in [2.75, 3.05) is 26.3 Å². The summed E-state index contributed by atoms with van der Waals surface area (Å²) in [7, 11) is 0. The largest absolute Gasteiger partial charge is 0.492 e. The number of hydrogen-bond donors (Lipinski definition) is 2. The second-order valence-electron chi connectivity index (χ2n) is 6.00. The molecule has 1 aromatic rings. The van der Waals surface area contributed by atoms with E-state index < -0.39 is 0 Å². The van der Waals surface area contributed by atoms with Gasteiger partial charge in [0.1, 0.15) is 12.4 Å². The Morgan fingerprint density at radius 2 is 2.13 bits per heavy atom. The molecule has 0 saturated carbocycles. The van der Waals surface area contributed by atoms with Gasteiger partial charge in [0.25, 0.3) is 0 Å². The lowest BCUT2D eigenvalue weighted by Crippen LogP contribution is -2.50. The predicted octanol–water partition coefficient (Wildman–Crippen LogP) is 2.57. The Kier molecular flexibility index (Phi) is 7.20. The van der Waals surface area contributed by atoms with Crippen LogP contribution in [0.25, 0.3) is 0 Å². The summed E-state index contributed by atoms with van der Waals surface area (Å²) in [6, 6.07) is 7.95. The van der Waals surface area contributed by atoms with Crippen LogP contribution in [-0.4, -0.2) is 48.4 Å². The molecule has 0 aromatic heterocycles. The lowest BCUT2D eigenvalue weighted by atomic mass is 10.0. The fraction of sp³-hybridized carbons (Fsp3) is 0.611. The van der Waals surface area contributed by atoms with Gasteiger partial charge in [-0.25, -0.2) is 4.79 Å². The first kappa shape index (κ1) is 17.6. The van der Waals surface area contributed by atoms with Gasteiger partial charge in [0, 0.05) is 6.54 Å². The fourth-order valence-electron chi connectivity index (χ4n) is 2.93. The monoisotopic (exact) mass is 320 g/mol. The SMILES string of the molecule is CCCc1ccc(OCCNC(=O)N2CCCC[C@@H]2CO)cc1. The van der Waals surface area contributed by atoms with Crippen LogP contribution < -0.4 is 10.1 Å². The zero-order valence-corrected chi connectivity index (χ0v) is 14.0. The molecule has 0 bridgehead atoms. The second-order valence-corrected chi connectivity index (χ2v) is 6.00. The van der Waals surface area contributed by atoms with E-state index in [0.29, 0.717) is 13.2 Å². The third kappa shape index (κ3) is 5.43. The molecule has 0 unspecified atom stereocenters. The summed E-state index contributed by atoms with van der Waals surface area (Å²) in [6.07, 6.45) is 5.18. The van der Waals surface area contributed by atoms with Crippen LogP contribution in [0.2, 0.25) is 0 Å². The van der Waals surface area contributed by atoms with E-state index in [2.05, 4.69) is 24.4 Å². The first-order valence-electron chi connectivity index (χ1n) is 8.61. The predicted molar refractivity (Wildman–Crippen MR) is 90.8 cm³/mol. The number of carbonyl (C=O) groups excluding carboxylic acids is 1. The Labute approximate surface area is 138 Å². The molecule has 23 heavy (non-hydrogen) atoms. The zero-order chi connectivity index (χ0) is 16.5. The van der Waals surface area contributed by atoms with Crippen LogP contribution in [0.4, 0.5) is 4.79 Å². The van der Waals surface area contributed by atoms with Crippen molar-refractivity contribution in [3.8, 4) is 5.75 Å². The number of hydrogen-bond acceptors (Lipinski definition) is 3. The molecule has 1 aromatic carbocycles. The number of piperidine rings is 1. The van der Waals surface area contributed by atoms with E-state index in [-0.39, 0.29) is 18.7 Å². The number of likely N-dealkylation sites (tertiary alicyclic amines) is 1. The maximum atomic E-state index is 12.1. The van der Waals surface area contributed by atoms with E-state index in [1.165, 1.54) is 5.56 Å². The summed E-state index contributed by atoms with van der Waals surface area (Å²) in [5, 5.41) is 12.2. The lowest BCUT2D eigenvalue weighted by Gasteiger charge is -2.34. The molecule has 1 aliphatic rings. The Hall–Kier alpha value is -1.75. The highest BCUT2D eigenvalue weighted by atomic mass is 16.5. The molecule has 5 heteroatoms. The smallest absolute Gasteiger partial charge is 0.317 e. The van der Waals surface area contributed by atoms with E-state index >= 15 is 0 Å². The zero-order valence-electron chi connectivity index (χ0n) is 14.0. The normalized spacial score (nSPS) is 17.8. The minimum Gasteiger partial charge on any atom is -0.492 e. The van der Waals surface area contributed by atoms with E-state index in [4.69, 9.17) is 4.74 Å². The molecule has 1 atom stereocenters. The van der Waals surface area contributed by atoms with Gasteiger partial charge in [-0.15, -0.1) is 0 Å². The van der Waals surface area contributed by atoms with Crippen molar-refractivity contribution < 1.29 is 14.6 Å². The summed E-state index contributed by atoms with van der Waals surface area (Å²) in [5.74, 6) is 0.824. The highest BCUT2D eigenvalue weighted by Crippen LogP contribution is 2.16. The number of aliphatic hydroxyl groups excluding tert-OH is 1. The number of aliphatic hydroxyl groups is 1. The fourth-order valence-corrected chi connectivity index (χ4v) is 2.93. The van der Waals surface area contributed by atoms with Gasteiger partial charge < -0.3 is 20.1 Å². The van der Waals surface area contributed by atoms with E-state index in [1.54, 1.807) is 4.90 Å². The lowest BCUT2D eigenvalue weighted by molar-refractivity contribution is 0.107. The van der Waals surface area contributed by atoms with Gasteiger partial charge in [-0.1, -0.05) is 25.5 Å². The van der Waals surface area contributed by atoms with E-state index in [0.717, 1.165) is 44.4 Å². The summed E-state index contributed by atoms with van der Waals surface area (Å²) >= 11 is 0. The first-order valence-corrected chi connectivity index (χ1v) is 8.61. The Morgan fingerprint density at radius 3 is 2.83 bits per heavy atom. The van der Waals surface area contributed by atoms with Crippen molar-refractivity contribution in [3.63, 3.8) is 0 Å². The van der Waals surface area contributed by atoms with Crippen molar-refractivity contribution in [1.82, 2.24) is 10.2 Å². The molecule has 2 rings (SSSR count). The van der Waals surface area contributed by atoms with Gasteiger partial charge in [0.15, 0.2) is 0 Å². The number of benzene rings is 1. The number of amides is 2. The molecule has 2 N–H and O–H groups in total. The average Bonchev–Trinajstić information content (AvgIpc) is 2.60. The van der Waals surface area contributed by atoms with Gasteiger partial charge in [-0.2, -0.15) is 0 Å². The summed E-state index contributed by atoms with van der Waals surface area (Å²) in [4.78, 5) is 13.9. The standard InChI is InChI=1S/C18H28N2O3/c1-2-5-15-7-9-17(10-8-15)23-13-11-19-18(22)20-12-4-3-6-16(20)14-21/h7-10,16,21H,2-6,11-14H2,1H3,(H,19,22)/t16-/m1/s1. The summed E-state index contributed by atoms with van der Waals surface area (Å²) in [6.45, 7) is 3.82. The van der Waals surface area contributed by atoms with Crippen molar-refractivity contribution in [2.45, 2.75) is 45.1 Å². The molecule has 5 nitrogen and oxygen atoms in total. The molecule has 2 amide bonds. The number of nitrogens with zero attached hydrogens (tertiary/aromatic N) is 1. The Bertz CT molecular complexity index is 476. The van der Waals surface area contributed by atoms with Gasteiger partial charge in [-0.05, 0) is 43.4 Å². The minimum atomic E-state index is -0.106. The highest BCUT2D eigenvalue weighted by Gasteiger charge is 2.25. The number of carbonyl (C=O) groups is 1. The molecule has 1 aliphatic heterocycles. The van der Waals surface area contributed by atoms with E-state index in [1.807, 2.05) is 12.1 Å². The third-order valence-electron chi connectivity index (χ3n) is 4.21. The van der Waals surface area contributed by atoms with E-state index in [9.17, 15) is 9.90 Å². The van der Waals surface area contributed by atoms with Crippen molar-refractivity contribution in [3.05, 3.63) is 29.8 Å². The first-order chi connectivity index (χ1) is 11.2. The molecule has 0 aliphatic carbocycles. The maximum Gasteiger partial charge on any atom is 0.317 e. The van der Waals surface area contributed by atoms with Crippen LogP contribution in [0.15, 0.2) is 24.3 Å². The molecular weight excluding hydrogens is 292 g/mol. The highest BCUT2D eigenvalue weighted by molar-refractivity contribution is 5.74. The molecule has 1 saturated heterocycles. The van der Waals surface area contributed by atoms with Crippen molar-refractivity contribution in [1.29, 1.82) is 0 Å². The minimum absolute atomic E-state index is 0.0357. The van der Waals surface area contributed by atoms with Crippen LogP contribution in [0.3, 0.4) is 0 Å².